The second-order valence-electron chi connectivity index (χ2n) is 7.48. The molecule has 2 aromatic carbocycles. The number of carbonyl (C=O) groups is 2. The number of amides is 3. The summed E-state index contributed by atoms with van der Waals surface area (Å²) in [5, 5.41) is 3.28. The van der Waals surface area contributed by atoms with Gasteiger partial charge in [-0.3, -0.25) is 9.69 Å². The molecule has 6 nitrogen and oxygen atoms in total. The van der Waals surface area contributed by atoms with Crippen molar-refractivity contribution < 1.29 is 14.3 Å². The third kappa shape index (κ3) is 4.28. The lowest BCUT2D eigenvalue weighted by Gasteiger charge is -2.29. The number of nitrogens with one attached hydrogen (secondary N) is 1. The third-order valence-electron chi connectivity index (χ3n) is 5.45. The molecule has 7 heteroatoms. The maximum absolute atomic E-state index is 12.8. The van der Waals surface area contributed by atoms with E-state index >= 15 is 0 Å². The Labute approximate surface area is 181 Å². The van der Waals surface area contributed by atoms with Crippen molar-refractivity contribution in [2.45, 2.75) is 25.8 Å². The van der Waals surface area contributed by atoms with E-state index in [4.69, 9.17) is 16.3 Å². The van der Waals surface area contributed by atoms with Crippen molar-refractivity contribution in [1.82, 2.24) is 10.2 Å². The maximum Gasteiger partial charge on any atom is 0.329 e. The fraction of sp³-hybridized carbons (Fsp3) is 0.304. The van der Waals surface area contributed by atoms with Crippen LogP contribution in [0.2, 0.25) is 5.02 Å². The van der Waals surface area contributed by atoms with Crippen LogP contribution >= 0.6 is 11.6 Å². The molecule has 2 aliphatic heterocycles. The zero-order valence-electron chi connectivity index (χ0n) is 16.9. The van der Waals surface area contributed by atoms with Crippen LogP contribution in [0.25, 0.3) is 6.08 Å². The molecule has 0 bridgehead atoms. The minimum Gasteiger partial charge on any atom is -0.496 e. The van der Waals surface area contributed by atoms with Crippen LogP contribution in [0.15, 0.2) is 48.2 Å². The van der Waals surface area contributed by atoms with E-state index in [-0.39, 0.29) is 18.1 Å². The van der Waals surface area contributed by atoms with Crippen LogP contribution < -0.4 is 15.0 Å². The predicted octanol–water partition coefficient (Wildman–Crippen LogP) is 4.43. The molecule has 1 N–H and O–H groups in total. The number of urea groups is 1. The average molecular weight is 426 g/mol. The highest BCUT2D eigenvalue weighted by Crippen LogP contribution is 2.30. The zero-order chi connectivity index (χ0) is 21.1. The molecule has 4 rings (SSSR count). The quantitative estimate of drug-likeness (QED) is 0.568. The number of methoxy groups -OCH3 is 1. The summed E-state index contributed by atoms with van der Waals surface area (Å²) in [4.78, 5) is 28.7. The maximum atomic E-state index is 12.8. The monoisotopic (exact) mass is 425 g/mol. The highest BCUT2D eigenvalue weighted by atomic mass is 35.5. The summed E-state index contributed by atoms with van der Waals surface area (Å²) in [6.07, 6.45) is 5.32. The molecule has 3 amide bonds. The van der Waals surface area contributed by atoms with Gasteiger partial charge < -0.3 is 15.0 Å². The lowest BCUT2D eigenvalue weighted by Crippen LogP contribution is -2.30. The molecule has 2 heterocycles. The largest absolute Gasteiger partial charge is 0.496 e. The highest BCUT2D eigenvalue weighted by molar-refractivity contribution is 6.30. The lowest BCUT2D eigenvalue weighted by molar-refractivity contribution is -0.123. The fourth-order valence-electron chi connectivity index (χ4n) is 3.81. The van der Waals surface area contributed by atoms with Gasteiger partial charge in [0.2, 0.25) is 0 Å². The molecule has 2 aromatic rings. The fourth-order valence-corrected chi connectivity index (χ4v) is 3.94. The molecular formula is C23H24ClN3O3. The van der Waals surface area contributed by atoms with E-state index in [9.17, 15) is 9.59 Å². The number of rotatable bonds is 5. The van der Waals surface area contributed by atoms with Gasteiger partial charge in [-0.15, -0.1) is 0 Å². The Kier molecular flexibility index (Phi) is 5.95. The average Bonchev–Trinajstić information content (AvgIpc) is 3.03. The molecule has 0 unspecified atom stereocenters. The van der Waals surface area contributed by atoms with Crippen molar-refractivity contribution in [3.05, 3.63) is 64.3 Å². The molecule has 0 radical (unpaired) electrons. The summed E-state index contributed by atoms with van der Waals surface area (Å²) >= 11 is 5.90. The number of anilines is 1. The Morgan fingerprint density at radius 3 is 2.50 bits per heavy atom. The van der Waals surface area contributed by atoms with Crippen molar-refractivity contribution in [3.63, 3.8) is 0 Å². The first-order valence-corrected chi connectivity index (χ1v) is 10.4. The van der Waals surface area contributed by atoms with Crippen molar-refractivity contribution in [2.75, 3.05) is 25.1 Å². The molecular weight excluding hydrogens is 402 g/mol. The van der Waals surface area contributed by atoms with Gasteiger partial charge in [-0.25, -0.2) is 4.79 Å². The third-order valence-corrected chi connectivity index (χ3v) is 5.71. The number of hydrogen-bond donors (Lipinski definition) is 1. The molecule has 30 heavy (non-hydrogen) atoms. The van der Waals surface area contributed by atoms with E-state index in [0.29, 0.717) is 10.8 Å². The first-order valence-electron chi connectivity index (χ1n) is 10.1. The summed E-state index contributed by atoms with van der Waals surface area (Å²) in [6.45, 7) is 2.26. The van der Waals surface area contributed by atoms with Gasteiger partial charge in [-0.05, 0) is 55.2 Å². The molecule has 2 fully saturated rings. The Morgan fingerprint density at radius 2 is 1.80 bits per heavy atom. The second-order valence-corrected chi connectivity index (χ2v) is 7.92. The van der Waals surface area contributed by atoms with Crippen LogP contribution in [0, 0.1) is 0 Å². The molecule has 2 saturated heterocycles. The van der Waals surface area contributed by atoms with E-state index in [1.165, 1.54) is 24.2 Å². The first kappa shape index (κ1) is 20.3. The normalized spacial score (nSPS) is 18.1. The molecule has 2 aliphatic rings. The molecule has 0 saturated carbocycles. The van der Waals surface area contributed by atoms with Crippen LogP contribution in [0.1, 0.15) is 30.4 Å². The number of piperidine rings is 1. The zero-order valence-corrected chi connectivity index (χ0v) is 17.6. The standard InChI is InChI=1S/C23H24ClN3O3/c1-30-21-14-19(26-11-3-2-4-12-26)10-7-17(21)13-20-22(28)27(23(29)25-20)15-16-5-8-18(24)9-6-16/h5-10,13-14H,2-4,11-12,15H2,1H3,(H,25,29)/b20-13-. The number of nitrogens with zero attached hydrogens (tertiary/aromatic N) is 2. The number of hydrogen-bond acceptors (Lipinski definition) is 4. The van der Waals surface area contributed by atoms with Crippen LogP contribution in [-0.4, -0.2) is 37.0 Å². The second kappa shape index (κ2) is 8.79. The van der Waals surface area contributed by atoms with E-state index in [1.54, 1.807) is 37.5 Å². The topological polar surface area (TPSA) is 61.9 Å². The van der Waals surface area contributed by atoms with Crippen LogP contribution in [0.5, 0.6) is 5.75 Å². The summed E-state index contributed by atoms with van der Waals surface area (Å²) in [6, 6.07) is 12.6. The van der Waals surface area contributed by atoms with Crippen molar-refractivity contribution in [3.8, 4) is 5.75 Å². The molecule has 156 valence electrons. The van der Waals surface area contributed by atoms with E-state index < -0.39 is 6.03 Å². The van der Waals surface area contributed by atoms with Gasteiger partial charge in [-0.1, -0.05) is 23.7 Å². The summed E-state index contributed by atoms with van der Waals surface area (Å²) < 4.78 is 5.56. The number of benzene rings is 2. The Bertz CT molecular complexity index is 982. The van der Waals surface area contributed by atoms with Gasteiger partial charge >= 0.3 is 6.03 Å². The number of halogens is 1. The number of carbonyl (C=O) groups excluding carboxylic acids is 2. The Hall–Kier alpha value is -2.99. The minimum atomic E-state index is -0.440. The van der Waals surface area contributed by atoms with Gasteiger partial charge in [0.25, 0.3) is 5.91 Å². The molecule has 0 aliphatic carbocycles. The van der Waals surface area contributed by atoms with E-state index in [1.807, 2.05) is 18.2 Å². The van der Waals surface area contributed by atoms with Crippen LogP contribution in [-0.2, 0) is 11.3 Å². The highest BCUT2D eigenvalue weighted by Gasteiger charge is 2.33. The Morgan fingerprint density at radius 1 is 1.07 bits per heavy atom. The summed E-state index contributed by atoms with van der Waals surface area (Å²) in [5.41, 5.74) is 2.92. The Balaban J connectivity index is 1.54. The van der Waals surface area contributed by atoms with Gasteiger partial charge in [0.15, 0.2) is 0 Å². The van der Waals surface area contributed by atoms with Gasteiger partial charge in [0, 0.05) is 35.4 Å². The van der Waals surface area contributed by atoms with Crippen molar-refractivity contribution in [1.29, 1.82) is 0 Å². The first-order chi connectivity index (χ1) is 14.5. The lowest BCUT2D eigenvalue weighted by atomic mass is 10.1. The summed E-state index contributed by atoms with van der Waals surface area (Å²) in [7, 11) is 1.61. The number of ether oxygens (including phenoxy) is 1. The summed E-state index contributed by atoms with van der Waals surface area (Å²) in [5.74, 6) is 0.306. The smallest absolute Gasteiger partial charge is 0.329 e. The van der Waals surface area contributed by atoms with Gasteiger partial charge in [0.1, 0.15) is 11.4 Å². The molecule has 0 spiro atoms. The predicted molar refractivity (Wildman–Crippen MR) is 118 cm³/mol. The van der Waals surface area contributed by atoms with Crippen molar-refractivity contribution in [2.24, 2.45) is 0 Å². The van der Waals surface area contributed by atoms with Gasteiger partial charge in [0.05, 0.1) is 13.7 Å². The van der Waals surface area contributed by atoms with E-state index in [2.05, 4.69) is 10.2 Å². The van der Waals surface area contributed by atoms with Crippen molar-refractivity contribution >= 4 is 35.3 Å². The van der Waals surface area contributed by atoms with E-state index in [0.717, 1.165) is 29.9 Å². The van der Waals surface area contributed by atoms with Gasteiger partial charge in [-0.2, -0.15) is 0 Å². The minimum absolute atomic E-state index is 0.185. The molecule has 0 aromatic heterocycles. The number of imide groups is 1. The molecule has 0 atom stereocenters. The SMILES string of the molecule is COc1cc(N2CCCCC2)ccc1/C=C1\NC(=O)N(Cc2ccc(Cl)cc2)C1=O. The van der Waals surface area contributed by atoms with Crippen LogP contribution in [0.3, 0.4) is 0 Å². The van der Waals surface area contributed by atoms with Crippen LogP contribution in [0.4, 0.5) is 10.5 Å².